The molecule has 0 aliphatic heterocycles. The molecule has 1 heteroatoms. The Labute approximate surface area is 86.5 Å². The third-order valence-corrected chi connectivity index (χ3v) is 1.96. The first-order valence-corrected chi connectivity index (χ1v) is 4.90. The van der Waals surface area contributed by atoms with Crippen LogP contribution in [0, 0.1) is 0 Å². The van der Waals surface area contributed by atoms with E-state index in [1.54, 1.807) is 6.08 Å². The molecule has 0 aliphatic carbocycles. The summed E-state index contributed by atoms with van der Waals surface area (Å²) in [5.41, 5.74) is 1.96. The smallest absolute Gasteiger partial charge is 0.105 e. The number of halogens is 1. The summed E-state index contributed by atoms with van der Waals surface area (Å²) >= 11 is 0. The predicted octanol–water partition coefficient (Wildman–Crippen LogP) is 4.72. The van der Waals surface area contributed by atoms with Crippen LogP contribution in [0.3, 0.4) is 0 Å². The summed E-state index contributed by atoms with van der Waals surface area (Å²) in [6, 6.07) is 0. The van der Waals surface area contributed by atoms with Gasteiger partial charge in [0.25, 0.3) is 0 Å². The molecule has 0 unspecified atom stereocenters. The van der Waals surface area contributed by atoms with Gasteiger partial charge in [0.15, 0.2) is 0 Å². The summed E-state index contributed by atoms with van der Waals surface area (Å²) in [5, 5.41) is 0. The van der Waals surface area contributed by atoms with Crippen molar-refractivity contribution in [3.63, 3.8) is 0 Å². The Kier molecular flexibility index (Phi) is 6.73. The van der Waals surface area contributed by atoms with E-state index in [0.717, 1.165) is 11.1 Å². The fourth-order valence-corrected chi connectivity index (χ4v) is 1.05. The van der Waals surface area contributed by atoms with E-state index in [2.05, 4.69) is 0 Å². The molecule has 0 aromatic rings. The summed E-state index contributed by atoms with van der Waals surface area (Å²) in [7, 11) is 0. The molecule has 0 N–H and O–H groups in total. The zero-order valence-corrected chi connectivity index (χ0v) is 9.47. The highest BCUT2D eigenvalue weighted by molar-refractivity contribution is 5.26. The van der Waals surface area contributed by atoms with Gasteiger partial charge in [0.05, 0.1) is 0 Å². The second-order valence-electron chi connectivity index (χ2n) is 3.16. The summed E-state index contributed by atoms with van der Waals surface area (Å²) in [6.45, 7) is 7.65. The third-order valence-electron chi connectivity index (χ3n) is 1.96. The normalized spacial score (nSPS) is 15.4. The molecule has 0 spiro atoms. The molecule has 0 fully saturated rings. The average Bonchev–Trinajstić information content (AvgIpc) is 2.16. The van der Waals surface area contributed by atoms with Crippen LogP contribution < -0.4 is 0 Å². The molecular formula is C13H19F. The van der Waals surface area contributed by atoms with Gasteiger partial charge < -0.3 is 0 Å². The lowest BCUT2D eigenvalue weighted by molar-refractivity contribution is 0.612. The maximum atomic E-state index is 13.3. The van der Waals surface area contributed by atoms with Crippen molar-refractivity contribution >= 4 is 0 Å². The topological polar surface area (TPSA) is 0 Å². The van der Waals surface area contributed by atoms with Gasteiger partial charge in [0.2, 0.25) is 0 Å². The van der Waals surface area contributed by atoms with Crippen LogP contribution in [0.2, 0.25) is 0 Å². The van der Waals surface area contributed by atoms with Gasteiger partial charge >= 0.3 is 0 Å². The van der Waals surface area contributed by atoms with Crippen LogP contribution in [0.4, 0.5) is 4.39 Å². The van der Waals surface area contributed by atoms with E-state index in [1.807, 2.05) is 52.0 Å². The predicted molar refractivity (Wildman–Crippen MR) is 61.8 cm³/mol. The largest absolute Gasteiger partial charge is 0.211 e. The Hall–Kier alpha value is -1.11. The van der Waals surface area contributed by atoms with Crippen molar-refractivity contribution in [2.75, 3.05) is 0 Å². The van der Waals surface area contributed by atoms with E-state index in [-0.39, 0.29) is 5.83 Å². The lowest BCUT2D eigenvalue weighted by Gasteiger charge is -1.99. The second kappa shape index (κ2) is 7.31. The monoisotopic (exact) mass is 194 g/mol. The zero-order valence-electron chi connectivity index (χ0n) is 9.47. The van der Waals surface area contributed by atoms with Gasteiger partial charge in [-0.1, -0.05) is 29.9 Å². The van der Waals surface area contributed by atoms with E-state index in [0.29, 0.717) is 6.42 Å². The van der Waals surface area contributed by atoms with E-state index in [9.17, 15) is 4.39 Å². The van der Waals surface area contributed by atoms with Crippen molar-refractivity contribution in [1.82, 2.24) is 0 Å². The fourth-order valence-electron chi connectivity index (χ4n) is 1.05. The maximum absolute atomic E-state index is 13.3. The van der Waals surface area contributed by atoms with Gasteiger partial charge in [0.1, 0.15) is 5.83 Å². The molecule has 0 aromatic carbocycles. The molecule has 0 amide bonds. The van der Waals surface area contributed by atoms with Crippen LogP contribution in [0.15, 0.2) is 47.4 Å². The number of hydrogen-bond donors (Lipinski definition) is 0. The van der Waals surface area contributed by atoms with Gasteiger partial charge in [-0.3, -0.25) is 0 Å². The average molecular weight is 194 g/mol. The van der Waals surface area contributed by atoms with Crippen LogP contribution >= 0.6 is 0 Å². The maximum Gasteiger partial charge on any atom is 0.105 e. The molecule has 0 aromatic heterocycles. The van der Waals surface area contributed by atoms with Crippen LogP contribution in [0.5, 0.6) is 0 Å². The molecule has 0 saturated carbocycles. The molecule has 0 rings (SSSR count). The molecule has 78 valence electrons. The summed E-state index contributed by atoms with van der Waals surface area (Å²) in [5.74, 6) is -0.0909. The first-order chi connectivity index (χ1) is 6.63. The molecule has 14 heavy (non-hydrogen) atoms. The lowest BCUT2D eigenvalue weighted by atomic mass is 10.1. The van der Waals surface area contributed by atoms with Crippen molar-refractivity contribution < 1.29 is 4.39 Å². The Morgan fingerprint density at radius 1 is 1.14 bits per heavy atom. The minimum absolute atomic E-state index is 0.0909. The fraction of sp³-hybridized carbons (Fsp3) is 0.385. The first-order valence-electron chi connectivity index (χ1n) is 4.90. The van der Waals surface area contributed by atoms with E-state index in [4.69, 9.17) is 0 Å². The third kappa shape index (κ3) is 5.52. The SMILES string of the molecule is C/C=C\C(=C/C)C/C(F)=C\C(C)=C\C. The van der Waals surface area contributed by atoms with Crippen molar-refractivity contribution in [3.8, 4) is 0 Å². The molecule has 0 aliphatic rings. The van der Waals surface area contributed by atoms with Crippen LogP contribution in [0.1, 0.15) is 34.1 Å². The van der Waals surface area contributed by atoms with Crippen molar-refractivity contribution in [2.45, 2.75) is 34.1 Å². The quantitative estimate of drug-likeness (QED) is 0.568. The molecule has 0 bridgehead atoms. The highest BCUT2D eigenvalue weighted by Gasteiger charge is 1.97. The van der Waals surface area contributed by atoms with Crippen molar-refractivity contribution in [2.24, 2.45) is 0 Å². The first kappa shape index (κ1) is 12.9. The minimum atomic E-state index is -0.0909. The lowest BCUT2D eigenvalue weighted by Crippen LogP contribution is -1.81. The summed E-state index contributed by atoms with van der Waals surface area (Å²) < 4.78 is 13.3. The standard InChI is InChI=1S/C13H19F/c1-5-8-12(7-3)10-13(14)9-11(4)6-2/h5-9H,10H2,1-4H3/b8-5-,11-6+,12-7+,13-9+. The Morgan fingerprint density at radius 2 is 1.79 bits per heavy atom. The molecule has 0 atom stereocenters. The highest BCUT2D eigenvalue weighted by Crippen LogP contribution is 2.15. The highest BCUT2D eigenvalue weighted by atomic mass is 19.1. The van der Waals surface area contributed by atoms with Crippen molar-refractivity contribution in [3.05, 3.63) is 47.4 Å². The van der Waals surface area contributed by atoms with Gasteiger partial charge in [0, 0.05) is 6.42 Å². The van der Waals surface area contributed by atoms with E-state index >= 15 is 0 Å². The van der Waals surface area contributed by atoms with E-state index in [1.165, 1.54) is 0 Å². The number of rotatable bonds is 4. The van der Waals surface area contributed by atoms with Crippen LogP contribution in [0.25, 0.3) is 0 Å². The Morgan fingerprint density at radius 3 is 2.21 bits per heavy atom. The number of allylic oxidation sites excluding steroid dienone is 8. The Bertz CT molecular complexity index is 278. The molecule has 0 heterocycles. The van der Waals surface area contributed by atoms with Crippen LogP contribution in [-0.4, -0.2) is 0 Å². The molecule has 0 saturated heterocycles. The zero-order chi connectivity index (χ0) is 11.0. The minimum Gasteiger partial charge on any atom is -0.211 e. The summed E-state index contributed by atoms with van der Waals surface area (Å²) in [4.78, 5) is 0. The molecular weight excluding hydrogens is 175 g/mol. The van der Waals surface area contributed by atoms with Crippen molar-refractivity contribution in [1.29, 1.82) is 0 Å². The molecule has 0 nitrogen and oxygen atoms in total. The number of hydrogen-bond acceptors (Lipinski definition) is 0. The van der Waals surface area contributed by atoms with Crippen LogP contribution in [-0.2, 0) is 0 Å². The summed E-state index contributed by atoms with van der Waals surface area (Å²) in [6.07, 6.45) is 9.63. The van der Waals surface area contributed by atoms with Gasteiger partial charge in [-0.2, -0.15) is 0 Å². The van der Waals surface area contributed by atoms with E-state index < -0.39 is 0 Å². The second-order valence-corrected chi connectivity index (χ2v) is 3.16. The molecule has 0 radical (unpaired) electrons. The van der Waals surface area contributed by atoms with Gasteiger partial charge in [-0.25, -0.2) is 4.39 Å². The Balaban J connectivity index is 4.45. The van der Waals surface area contributed by atoms with Gasteiger partial charge in [-0.05, 0) is 39.3 Å². The van der Waals surface area contributed by atoms with Gasteiger partial charge in [-0.15, -0.1) is 0 Å².